The summed E-state index contributed by atoms with van der Waals surface area (Å²) in [6.07, 6.45) is 5.44. The van der Waals surface area contributed by atoms with Gasteiger partial charge >= 0.3 is 0 Å². The van der Waals surface area contributed by atoms with Crippen molar-refractivity contribution in [1.82, 2.24) is 20.9 Å². The molecule has 0 bridgehead atoms. The molecule has 2 atom stereocenters. The second-order valence-electron chi connectivity index (χ2n) is 10.2. The van der Waals surface area contributed by atoms with Crippen LogP contribution in [0.2, 0.25) is 0 Å². The Balaban J connectivity index is 1.24. The fraction of sp³-hybridized carbons (Fsp3) is 0.615. The molecule has 36 heavy (non-hydrogen) atoms. The van der Waals surface area contributed by atoms with Crippen LogP contribution in [0.4, 0.5) is 0 Å². The highest BCUT2D eigenvalue weighted by molar-refractivity contribution is 6.24. The zero-order valence-electron chi connectivity index (χ0n) is 20.8. The largest absolute Gasteiger partial charge is 0.496 e. The molecule has 10 heteroatoms. The Labute approximate surface area is 210 Å². The Morgan fingerprint density at radius 1 is 1.08 bits per heavy atom. The number of fused-ring (bicyclic) bond motifs is 1. The first-order chi connectivity index (χ1) is 17.4. The monoisotopic (exact) mass is 498 g/mol. The molecule has 3 aliphatic heterocycles. The Kier molecular flexibility index (Phi) is 6.98. The SMILES string of the molecule is CC[C@@H](NC1CC(Oc2cc(OC)c3c(c2)C(=O)N([C@@H]2CCC(=O)NC2=O)C3=O)C1)C1CCNCC1. The lowest BCUT2D eigenvalue weighted by Gasteiger charge is -2.41. The number of imide groups is 2. The molecule has 194 valence electrons. The summed E-state index contributed by atoms with van der Waals surface area (Å²) < 4.78 is 11.6. The third-order valence-corrected chi connectivity index (χ3v) is 7.94. The van der Waals surface area contributed by atoms with E-state index in [1.54, 1.807) is 12.1 Å². The van der Waals surface area contributed by atoms with Gasteiger partial charge in [-0.2, -0.15) is 0 Å². The van der Waals surface area contributed by atoms with Crippen LogP contribution in [-0.4, -0.2) is 73.0 Å². The lowest BCUT2D eigenvalue weighted by Crippen LogP contribution is -2.54. The second-order valence-corrected chi connectivity index (χ2v) is 10.2. The summed E-state index contributed by atoms with van der Waals surface area (Å²) in [5.41, 5.74) is 0.283. The highest BCUT2D eigenvalue weighted by Crippen LogP contribution is 2.38. The summed E-state index contributed by atoms with van der Waals surface area (Å²) in [5, 5.41) is 9.45. The van der Waals surface area contributed by atoms with Crippen LogP contribution in [0.5, 0.6) is 11.5 Å². The van der Waals surface area contributed by atoms with Crippen LogP contribution in [-0.2, 0) is 9.59 Å². The minimum Gasteiger partial charge on any atom is -0.496 e. The van der Waals surface area contributed by atoms with Gasteiger partial charge in [-0.25, -0.2) is 0 Å². The first kappa shape index (κ1) is 24.7. The first-order valence-corrected chi connectivity index (χ1v) is 13.0. The Morgan fingerprint density at radius 3 is 2.50 bits per heavy atom. The van der Waals surface area contributed by atoms with E-state index in [2.05, 4.69) is 22.9 Å². The number of piperidine rings is 2. The van der Waals surface area contributed by atoms with Crippen LogP contribution in [0.3, 0.4) is 0 Å². The summed E-state index contributed by atoms with van der Waals surface area (Å²) in [6, 6.07) is 3.09. The maximum Gasteiger partial charge on any atom is 0.266 e. The molecule has 2 saturated heterocycles. The topological polar surface area (TPSA) is 126 Å². The van der Waals surface area contributed by atoms with E-state index in [9.17, 15) is 19.2 Å². The number of ether oxygens (including phenoxy) is 2. The number of hydrogen-bond donors (Lipinski definition) is 3. The standard InChI is InChI=1S/C26H34N4O6/c1-3-19(14-6-8-27-9-7-14)28-15-10-16(11-15)36-17-12-18-23(21(13-17)35-2)26(34)30(25(18)33)20-4-5-22(31)29-24(20)32/h12-16,19-20,27-28H,3-11H2,1-2H3,(H,29,31,32)/t15?,16?,19-,20-/m1/s1. The fourth-order valence-electron chi connectivity index (χ4n) is 5.89. The number of amides is 4. The summed E-state index contributed by atoms with van der Waals surface area (Å²) in [5.74, 6) is -0.812. The van der Waals surface area contributed by atoms with Crippen molar-refractivity contribution in [2.24, 2.45) is 5.92 Å². The molecule has 4 aliphatic rings. The average Bonchev–Trinajstić information content (AvgIpc) is 3.10. The van der Waals surface area contributed by atoms with Gasteiger partial charge in [0.05, 0.1) is 18.2 Å². The molecule has 0 unspecified atom stereocenters. The molecule has 1 saturated carbocycles. The van der Waals surface area contributed by atoms with Gasteiger partial charge in [0.25, 0.3) is 11.8 Å². The third kappa shape index (κ3) is 4.59. The number of benzene rings is 1. The number of carbonyl (C=O) groups excluding carboxylic acids is 4. The number of nitrogens with one attached hydrogen (secondary N) is 3. The van der Waals surface area contributed by atoms with Gasteiger partial charge in [0.2, 0.25) is 11.8 Å². The number of carbonyl (C=O) groups is 4. The predicted molar refractivity (Wildman–Crippen MR) is 130 cm³/mol. The number of nitrogens with zero attached hydrogens (tertiary/aromatic N) is 1. The van der Waals surface area contributed by atoms with Gasteiger partial charge in [0, 0.05) is 24.6 Å². The fourth-order valence-corrected chi connectivity index (χ4v) is 5.89. The van der Waals surface area contributed by atoms with E-state index >= 15 is 0 Å². The average molecular weight is 499 g/mol. The maximum absolute atomic E-state index is 13.2. The van der Waals surface area contributed by atoms with Crippen LogP contribution in [0.1, 0.15) is 72.6 Å². The smallest absolute Gasteiger partial charge is 0.266 e. The maximum atomic E-state index is 13.2. The van der Waals surface area contributed by atoms with E-state index in [-0.39, 0.29) is 35.8 Å². The van der Waals surface area contributed by atoms with Gasteiger partial charge in [0.1, 0.15) is 23.6 Å². The molecule has 1 aromatic carbocycles. The molecule has 5 rings (SSSR count). The summed E-state index contributed by atoms with van der Waals surface area (Å²) in [4.78, 5) is 51.1. The van der Waals surface area contributed by atoms with Crippen LogP contribution in [0.25, 0.3) is 0 Å². The van der Waals surface area contributed by atoms with E-state index < -0.39 is 29.7 Å². The summed E-state index contributed by atoms with van der Waals surface area (Å²) >= 11 is 0. The molecule has 3 fully saturated rings. The molecule has 4 amide bonds. The lowest BCUT2D eigenvalue weighted by molar-refractivity contribution is -0.136. The Hall–Kier alpha value is -2.98. The third-order valence-electron chi connectivity index (χ3n) is 7.94. The molecule has 3 N–H and O–H groups in total. The Bertz CT molecular complexity index is 1060. The number of methoxy groups -OCH3 is 1. The predicted octanol–water partition coefficient (Wildman–Crippen LogP) is 1.37. The van der Waals surface area contributed by atoms with Crippen molar-refractivity contribution < 1.29 is 28.7 Å². The highest BCUT2D eigenvalue weighted by atomic mass is 16.5. The van der Waals surface area contributed by atoms with Crippen LogP contribution in [0.15, 0.2) is 12.1 Å². The van der Waals surface area contributed by atoms with Gasteiger partial charge in [-0.3, -0.25) is 29.4 Å². The van der Waals surface area contributed by atoms with Crippen molar-refractivity contribution in [3.63, 3.8) is 0 Å². The molecule has 1 aromatic rings. The van der Waals surface area contributed by atoms with E-state index in [4.69, 9.17) is 9.47 Å². The van der Waals surface area contributed by atoms with Gasteiger partial charge in [-0.1, -0.05) is 6.92 Å². The van der Waals surface area contributed by atoms with E-state index in [0.717, 1.165) is 37.3 Å². The molecular weight excluding hydrogens is 464 g/mol. The van der Waals surface area contributed by atoms with Gasteiger partial charge in [-0.05, 0) is 63.6 Å². The molecule has 0 radical (unpaired) electrons. The number of rotatable bonds is 8. The molecule has 0 spiro atoms. The molecular formula is C26H34N4O6. The van der Waals surface area contributed by atoms with E-state index in [0.29, 0.717) is 23.8 Å². The summed E-state index contributed by atoms with van der Waals surface area (Å²) in [6.45, 7) is 4.41. The normalized spacial score (nSPS) is 27.4. The van der Waals surface area contributed by atoms with Crippen molar-refractivity contribution in [2.45, 2.75) is 76.1 Å². The van der Waals surface area contributed by atoms with E-state index in [1.165, 1.54) is 20.0 Å². The van der Waals surface area contributed by atoms with Crippen LogP contribution >= 0.6 is 0 Å². The van der Waals surface area contributed by atoms with Gasteiger partial charge in [-0.15, -0.1) is 0 Å². The molecule has 10 nitrogen and oxygen atoms in total. The van der Waals surface area contributed by atoms with Crippen molar-refractivity contribution in [3.05, 3.63) is 23.3 Å². The van der Waals surface area contributed by atoms with E-state index in [1.807, 2.05) is 0 Å². The minimum absolute atomic E-state index is 0.00855. The van der Waals surface area contributed by atoms with Gasteiger partial charge < -0.3 is 20.1 Å². The second kappa shape index (κ2) is 10.2. The van der Waals surface area contributed by atoms with Crippen molar-refractivity contribution in [3.8, 4) is 11.5 Å². The van der Waals surface area contributed by atoms with Crippen LogP contribution in [0, 0.1) is 5.92 Å². The minimum atomic E-state index is -1.02. The van der Waals surface area contributed by atoms with Gasteiger partial charge in [0.15, 0.2) is 0 Å². The van der Waals surface area contributed by atoms with Crippen LogP contribution < -0.4 is 25.4 Å². The molecule has 0 aromatic heterocycles. The lowest BCUT2D eigenvalue weighted by atomic mass is 9.84. The highest BCUT2D eigenvalue weighted by Gasteiger charge is 2.46. The quantitative estimate of drug-likeness (QED) is 0.459. The number of hydrogen-bond acceptors (Lipinski definition) is 8. The van der Waals surface area contributed by atoms with Crippen molar-refractivity contribution >= 4 is 23.6 Å². The van der Waals surface area contributed by atoms with Crippen molar-refractivity contribution in [2.75, 3.05) is 20.2 Å². The van der Waals surface area contributed by atoms with Crippen molar-refractivity contribution in [1.29, 1.82) is 0 Å². The molecule has 1 aliphatic carbocycles. The zero-order chi connectivity index (χ0) is 25.4. The zero-order valence-corrected chi connectivity index (χ0v) is 20.8. The Morgan fingerprint density at radius 2 is 1.83 bits per heavy atom. The molecule has 3 heterocycles. The summed E-state index contributed by atoms with van der Waals surface area (Å²) in [7, 11) is 1.43. The first-order valence-electron chi connectivity index (χ1n) is 13.0.